The van der Waals surface area contributed by atoms with Crippen LogP contribution in [0.15, 0.2) is 48.5 Å². The summed E-state index contributed by atoms with van der Waals surface area (Å²) < 4.78 is 18.2. The smallest absolute Gasteiger partial charge is 0.407 e. The van der Waals surface area contributed by atoms with Crippen molar-refractivity contribution in [1.29, 1.82) is 0 Å². The Morgan fingerprint density at radius 3 is 2.71 bits per heavy atom. The van der Waals surface area contributed by atoms with E-state index in [0.717, 1.165) is 5.56 Å². The van der Waals surface area contributed by atoms with Gasteiger partial charge in [0.15, 0.2) is 0 Å². The lowest BCUT2D eigenvalue weighted by molar-refractivity contribution is 0.139. The largest absolute Gasteiger partial charge is 0.445 e. The highest BCUT2D eigenvalue weighted by Crippen LogP contribution is 2.10. The molecular weight excluding hydrogens is 269 g/mol. The number of benzene rings is 2. The Kier molecular flexibility index (Phi) is 4.94. The molecule has 1 N–H and O–H groups in total. The number of rotatable bonds is 4. The first-order valence-electron chi connectivity index (χ1n) is 6.38. The van der Waals surface area contributed by atoms with Gasteiger partial charge in [-0.05, 0) is 29.3 Å². The fourth-order valence-electron chi connectivity index (χ4n) is 1.79. The molecule has 0 saturated heterocycles. The van der Waals surface area contributed by atoms with Crippen LogP contribution in [0.5, 0.6) is 0 Å². The summed E-state index contributed by atoms with van der Waals surface area (Å²) in [5.41, 5.74) is 1.97. The van der Waals surface area contributed by atoms with Gasteiger partial charge in [-0.15, -0.1) is 6.42 Å². The monoisotopic (exact) mass is 283 g/mol. The number of amides is 1. The Bertz CT molecular complexity index is 662. The van der Waals surface area contributed by atoms with Gasteiger partial charge in [0.1, 0.15) is 12.4 Å². The van der Waals surface area contributed by atoms with Crippen molar-refractivity contribution in [1.82, 2.24) is 5.32 Å². The van der Waals surface area contributed by atoms with Crippen LogP contribution in [0.1, 0.15) is 16.7 Å². The summed E-state index contributed by atoms with van der Waals surface area (Å²) >= 11 is 0. The lowest BCUT2D eigenvalue weighted by atomic mass is 10.1. The van der Waals surface area contributed by atoms with Gasteiger partial charge in [-0.25, -0.2) is 9.18 Å². The summed E-state index contributed by atoms with van der Waals surface area (Å²) in [4.78, 5) is 11.6. The number of carbonyl (C=O) groups is 1. The molecule has 0 aliphatic heterocycles. The first kappa shape index (κ1) is 14.6. The Balaban J connectivity index is 1.87. The van der Waals surface area contributed by atoms with Gasteiger partial charge in [-0.3, -0.25) is 0 Å². The van der Waals surface area contributed by atoms with E-state index in [1.165, 1.54) is 18.2 Å². The zero-order valence-corrected chi connectivity index (χ0v) is 11.3. The highest BCUT2D eigenvalue weighted by molar-refractivity contribution is 5.67. The quantitative estimate of drug-likeness (QED) is 0.875. The second-order valence-electron chi connectivity index (χ2n) is 4.36. The van der Waals surface area contributed by atoms with Crippen LogP contribution in [0.2, 0.25) is 0 Å². The molecule has 0 spiro atoms. The molecule has 0 saturated carbocycles. The molecule has 0 fully saturated rings. The van der Waals surface area contributed by atoms with Gasteiger partial charge in [0.25, 0.3) is 0 Å². The zero-order valence-electron chi connectivity index (χ0n) is 11.3. The van der Waals surface area contributed by atoms with Crippen molar-refractivity contribution in [2.75, 3.05) is 0 Å². The lowest BCUT2D eigenvalue weighted by Crippen LogP contribution is -2.24. The van der Waals surface area contributed by atoms with Crippen molar-refractivity contribution in [2.24, 2.45) is 0 Å². The van der Waals surface area contributed by atoms with Crippen molar-refractivity contribution >= 4 is 6.09 Å². The van der Waals surface area contributed by atoms with Crippen LogP contribution in [0.4, 0.5) is 9.18 Å². The molecule has 0 unspecified atom stereocenters. The van der Waals surface area contributed by atoms with Gasteiger partial charge in [0.2, 0.25) is 0 Å². The van der Waals surface area contributed by atoms with Crippen molar-refractivity contribution < 1.29 is 13.9 Å². The Morgan fingerprint density at radius 2 is 2.00 bits per heavy atom. The molecule has 2 aromatic carbocycles. The predicted molar refractivity (Wildman–Crippen MR) is 77.8 cm³/mol. The summed E-state index contributed by atoms with van der Waals surface area (Å²) in [5.74, 6) is 2.05. The van der Waals surface area contributed by atoms with Crippen LogP contribution in [0.3, 0.4) is 0 Å². The minimum absolute atomic E-state index is 0.116. The molecule has 0 aliphatic carbocycles. The molecule has 4 heteroatoms. The first-order chi connectivity index (χ1) is 10.2. The van der Waals surface area contributed by atoms with E-state index < -0.39 is 11.9 Å². The number of hydrogen-bond acceptors (Lipinski definition) is 2. The molecule has 0 bridgehead atoms. The van der Waals surface area contributed by atoms with Gasteiger partial charge in [-0.2, -0.15) is 0 Å². The molecule has 2 rings (SSSR count). The molecule has 3 nitrogen and oxygen atoms in total. The predicted octanol–water partition coefficient (Wildman–Crippen LogP) is 3.23. The summed E-state index contributed by atoms with van der Waals surface area (Å²) in [6.07, 6.45) is 4.75. The van der Waals surface area contributed by atoms with Crippen LogP contribution in [0.25, 0.3) is 0 Å². The van der Waals surface area contributed by atoms with Gasteiger partial charge in [-0.1, -0.05) is 36.3 Å². The summed E-state index contributed by atoms with van der Waals surface area (Å²) in [6, 6.07) is 13.4. The van der Waals surface area contributed by atoms with E-state index in [9.17, 15) is 9.18 Å². The van der Waals surface area contributed by atoms with Crippen molar-refractivity contribution in [3.63, 3.8) is 0 Å². The number of hydrogen-bond donors (Lipinski definition) is 1. The van der Waals surface area contributed by atoms with Gasteiger partial charge in [0, 0.05) is 12.1 Å². The third-order valence-corrected chi connectivity index (χ3v) is 2.86. The molecule has 0 aliphatic rings. The maximum atomic E-state index is 13.2. The summed E-state index contributed by atoms with van der Waals surface area (Å²) in [6.45, 7) is 0.294. The maximum Gasteiger partial charge on any atom is 0.407 e. The Morgan fingerprint density at radius 1 is 1.24 bits per heavy atom. The number of terminal acetylenes is 1. The first-order valence-corrected chi connectivity index (χ1v) is 6.38. The topological polar surface area (TPSA) is 38.3 Å². The molecule has 0 atom stereocenters. The SMILES string of the molecule is C#Cc1ccc(F)cc1CNC(=O)OCc1ccccc1. The van der Waals surface area contributed by atoms with Crippen LogP contribution in [0, 0.1) is 18.2 Å². The van der Waals surface area contributed by atoms with Gasteiger partial charge < -0.3 is 10.1 Å². The fraction of sp³-hybridized carbons (Fsp3) is 0.118. The minimum Gasteiger partial charge on any atom is -0.445 e. The summed E-state index contributed by atoms with van der Waals surface area (Å²) in [7, 11) is 0. The van der Waals surface area contributed by atoms with Crippen molar-refractivity contribution in [3.8, 4) is 12.3 Å². The van der Waals surface area contributed by atoms with Crippen molar-refractivity contribution in [3.05, 3.63) is 71.0 Å². The van der Waals surface area contributed by atoms with Crippen LogP contribution in [-0.4, -0.2) is 6.09 Å². The standard InChI is InChI=1S/C17H14FNO2/c1-2-14-8-9-16(18)10-15(14)11-19-17(20)21-12-13-6-4-3-5-7-13/h1,3-10H,11-12H2,(H,19,20). The lowest BCUT2D eigenvalue weighted by Gasteiger charge is -2.08. The molecule has 106 valence electrons. The highest BCUT2D eigenvalue weighted by atomic mass is 19.1. The number of nitrogens with one attached hydrogen (secondary N) is 1. The third kappa shape index (κ3) is 4.36. The average molecular weight is 283 g/mol. The third-order valence-electron chi connectivity index (χ3n) is 2.86. The average Bonchev–Trinajstić information content (AvgIpc) is 2.52. The molecule has 2 aromatic rings. The number of ether oxygens (including phenoxy) is 1. The van der Waals surface area contributed by atoms with E-state index >= 15 is 0 Å². The fourth-order valence-corrected chi connectivity index (χ4v) is 1.79. The molecule has 0 aromatic heterocycles. The van der Waals surface area contributed by atoms with E-state index in [-0.39, 0.29) is 13.2 Å². The number of alkyl carbamates (subject to hydrolysis) is 1. The summed E-state index contributed by atoms with van der Waals surface area (Å²) in [5, 5.41) is 2.55. The number of carbonyl (C=O) groups excluding carboxylic acids is 1. The second kappa shape index (κ2) is 7.11. The van der Waals surface area contributed by atoms with Crippen LogP contribution < -0.4 is 5.32 Å². The molecular formula is C17H14FNO2. The van der Waals surface area contributed by atoms with E-state index in [2.05, 4.69) is 11.2 Å². The van der Waals surface area contributed by atoms with Crippen molar-refractivity contribution in [2.45, 2.75) is 13.2 Å². The van der Waals surface area contributed by atoms with Gasteiger partial charge in [0.05, 0.1) is 0 Å². The number of halogens is 1. The Hall–Kier alpha value is -2.80. The second-order valence-corrected chi connectivity index (χ2v) is 4.36. The van der Waals surface area contributed by atoms with E-state index in [0.29, 0.717) is 11.1 Å². The normalized spacial score (nSPS) is 9.71. The van der Waals surface area contributed by atoms with Gasteiger partial charge >= 0.3 is 6.09 Å². The van der Waals surface area contributed by atoms with E-state index in [1.807, 2.05) is 30.3 Å². The maximum absolute atomic E-state index is 13.2. The zero-order chi connectivity index (χ0) is 15.1. The van der Waals surface area contributed by atoms with E-state index in [4.69, 9.17) is 11.2 Å². The molecule has 0 radical (unpaired) electrons. The molecule has 21 heavy (non-hydrogen) atoms. The van der Waals surface area contributed by atoms with E-state index in [1.54, 1.807) is 0 Å². The Labute approximate surface area is 122 Å². The highest BCUT2D eigenvalue weighted by Gasteiger charge is 2.06. The molecule has 1 amide bonds. The van der Waals surface area contributed by atoms with Crippen LogP contribution in [-0.2, 0) is 17.9 Å². The van der Waals surface area contributed by atoms with Crippen LogP contribution >= 0.6 is 0 Å². The minimum atomic E-state index is -0.578. The molecule has 0 heterocycles.